The highest BCUT2D eigenvalue weighted by atomic mass is 32.2. The SMILES string of the molecule is O=C1c2ccccc2C(=O)N1C1CCc2[nH]c3ccc(OS(=O)(=O)C(F)(F)F)cc3c2C1. The van der Waals surface area contributed by atoms with Gasteiger partial charge in [0, 0.05) is 22.6 Å². The van der Waals surface area contributed by atoms with Crippen LogP contribution in [0.3, 0.4) is 0 Å². The van der Waals surface area contributed by atoms with Crippen LogP contribution in [0.4, 0.5) is 13.2 Å². The highest BCUT2D eigenvalue weighted by Crippen LogP contribution is 2.36. The van der Waals surface area contributed by atoms with Crippen LogP contribution in [0.1, 0.15) is 38.4 Å². The summed E-state index contributed by atoms with van der Waals surface area (Å²) < 4.78 is 65.0. The first-order valence-corrected chi connectivity index (χ1v) is 11.1. The molecule has 1 N–H and O–H groups in total. The van der Waals surface area contributed by atoms with Crippen LogP contribution < -0.4 is 4.18 Å². The Labute approximate surface area is 179 Å². The van der Waals surface area contributed by atoms with Crippen molar-refractivity contribution < 1.29 is 35.4 Å². The summed E-state index contributed by atoms with van der Waals surface area (Å²) in [5.41, 5.74) is -2.73. The molecule has 1 aromatic heterocycles. The second-order valence-corrected chi connectivity index (χ2v) is 9.23. The van der Waals surface area contributed by atoms with E-state index in [0.717, 1.165) is 11.8 Å². The van der Waals surface area contributed by atoms with Gasteiger partial charge in [0.15, 0.2) is 0 Å². The van der Waals surface area contributed by atoms with Crippen LogP contribution in [0.25, 0.3) is 10.9 Å². The van der Waals surface area contributed by atoms with Gasteiger partial charge < -0.3 is 9.17 Å². The maximum atomic E-state index is 12.8. The number of fused-ring (bicyclic) bond motifs is 4. The molecule has 1 atom stereocenters. The van der Waals surface area contributed by atoms with Gasteiger partial charge in [0.25, 0.3) is 11.8 Å². The Hall–Kier alpha value is -3.34. The van der Waals surface area contributed by atoms with Gasteiger partial charge in [-0.25, -0.2) is 0 Å². The van der Waals surface area contributed by atoms with Gasteiger partial charge in [-0.15, -0.1) is 0 Å². The number of imide groups is 1. The predicted octanol–water partition coefficient (Wildman–Crippen LogP) is 3.55. The van der Waals surface area contributed by atoms with Gasteiger partial charge in [0.1, 0.15) is 5.75 Å². The molecule has 1 aliphatic heterocycles. The molecule has 0 radical (unpaired) electrons. The zero-order valence-corrected chi connectivity index (χ0v) is 17.1. The normalized spacial score (nSPS) is 18.7. The van der Waals surface area contributed by atoms with E-state index in [2.05, 4.69) is 9.17 Å². The van der Waals surface area contributed by atoms with Gasteiger partial charge in [-0.1, -0.05) is 12.1 Å². The highest BCUT2D eigenvalue weighted by Gasteiger charge is 2.48. The number of aryl methyl sites for hydroxylation is 1. The van der Waals surface area contributed by atoms with E-state index in [1.54, 1.807) is 24.3 Å². The minimum atomic E-state index is -5.80. The van der Waals surface area contributed by atoms with Crippen LogP contribution in [-0.2, 0) is 23.0 Å². The van der Waals surface area contributed by atoms with Crippen LogP contribution in [0.2, 0.25) is 0 Å². The fourth-order valence-corrected chi connectivity index (χ4v) is 4.81. The van der Waals surface area contributed by atoms with Gasteiger partial charge in [-0.05, 0) is 55.2 Å². The number of carbonyl (C=O) groups is 2. The van der Waals surface area contributed by atoms with Crippen molar-refractivity contribution in [1.29, 1.82) is 0 Å². The Kier molecular flexibility index (Phi) is 4.39. The van der Waals surface area contributed by atoms with Gasteiger partial charge in [0.05, 0.1) is 11.1 Å². The Morgan fingerprint density at radius 3 is 2.31 bits per heavy atom. The van der Waals surface area contributed by atoms with E-state index < -0.39 is 27.4 Å². The first kappa shape index (κ1) is 20.6. The first-order chi connectivity index (χ1) is 15.1. The van der Waals surface area contributed by atoms with Crippen molar-refractivity contribution >= 4 is 32.8 Å². The molecule has 2 aliphatic rings. The number of nitrogens with one attached hydrogen (secondary N) is 1. The standard InChI is InChI=1S/C21H15F3N2O5S/c22-21(23,24)32(29,30)31-12-6-8-18-16(10-12)15-9-11(5-7-17(15)25-18)26-19(27)13-3-1-2-4-14(13)20(26)28/h1-4,6,8,10-11,25H,5,7,9H2. The van der Waals surface area contributed by atoms with Crippen molar-refractivity contribution in [1.82, 2.24) is 9.88 Å². The van der Waals surface area contributed by atoms with E-state index in [1.807, 2.05) is 0 Å². The number of hydrogen-bond acceptors (Lipinski definition) is 5. The molecular weight excluding hydrogens is 449 g/mol. The van der Waals surface area contributed by atoms with Crippen molar-refractivity contribution in [3.05, 3.63) is 64.8 Å². The quantitative estimate of drug-likeness (QED) is 0.363. The van der Waals surface area contributed by atoms with Gasteiger partial charge >= 0.3 is 15.6 Å². The van der Waals surface area contributed by atoms with Gasteiger partial charge in [-0.3, -0.25) is 14.5 Å². The molecule has 1 aliphatic carbocycles. The number of aromatic nitrogens is 1. The van der Waals surface area contributed by atoms with E-state index in [0.29, 0.717) is 40.4 Å². The maximum absolute atomic E-state index is 12.8. The largest absolute Gasteiger partial charge is 0.534 e. The van der Waals surface area contributed by atoms with Gasteiger partial charge in [-0.2, -0.15) is 21.6 Å². The zero-order chi connectivity index (χ0) is 22.8. The number of benzene rings is 2. The molecule has 5 rings (SSSR count). The van der Waals surface area contributed by atoms with E-state index in [1.165, 1.54) is 17.0 Å². The summed E-state index contributed by atoms with van der Waals surface area (Å²) in [6.07, 6.45) is 1.33. The zero-order valence-electron chi connectivity index (χ0n) is 16.3. The summed E-state index contributed by atoms with van der Waals surface area (Å²) in [5, 5.41) is 0.483. The molecule has 0 saturated carbocycles. The molecule has 0 fully saturated rings. The fraction of sp³-hybridized carbons (Fsp3) is 0.238. The molecular formula is C21H15F3N2O5S. The number of halogens is 3. The number of amides is 2. The predicted molar refractivity (Wildman–Crippen MR) is 107 cm³/mol. The minimum absolute atomic E-state index is 0.288. The van der Waals surface area contributed by atoms with Crippen molar-refractivity contribution in [2.45, 2.75) is 30.8 Å². The third-order valence-electron chi connectivity index (χ3n) is 5.81. The number of H-pyrrole nitrogens is 1. The van der Waals surface area contributed by atoms with Crippen LogP contribution in [0.5, 0.6) is 5.75 Å². The van der Waals surface area contributed by atoms with Crippen molar-refractivity contribution in [3.8, 4) is 5.75 Å². The minimum Gasteiger partial charge on any atom is -0.376 e. The molecule has 0 spiro atoms. The lowest BCUT2D eigenvalue weighted by Crippen LogP contribution is -2.43. The fourth-order valence-electron chi connectivity index (χ4n) is 4.36. The van der Waals surface area contributed by atoms with Crippen molar-refractivity contribution in [2.24, 2.45) is 0 Å². The molecule has 0 saturated heterocycles. The number of nitrogens with zero attached hydrogens (tertiary/aromatic N) is 1. The Morgan fingerprint density at radius 2 is 1.69 bits per heavy atom. The van der Waals surface area contributed by atoms with E-state index >= 15 is 0 Å². The number of rotatable bonds is 3. The monoisotopic (exact) mass is 464 g/mol. The summed E-state index contributed by atoms with van der Waals surface area (Å²) in [4.78, 5) is 30.1. The Morgan fingerprint density at radius 1 is 1.03 bits per heavy atom. The molecule has 2 heterocycles. The maximum Gasteiger partial charge on any atom is 0.534 e. The lowest BCUT2D eigenvalue weighted by molar-refractivity contribution is -0.0500. The number of hydrogen-bond donors (Lipinski definition) is 1. The highest BCUT2D eigenvalue weighted by molar-refractivity contribution is 7.88. The molecule has 0 bridgehead atoms. The van der Waals surface area contributed by atoms with Crippen LogP contribution >= 0.6 is 0 Å². The molecule has 3 aromatic rings. The van der Waals surface area contributed by atoms with Crippen molar-refractivity contribution in [3.63, 3.8) is 0 Å². The third kappa shape index (κ3) is 3.07. The average molecular weight is 464 g/mol. The molecule has 7 nitrogen and oxygen atoms in total. The van der Waals surface area contributed by atoms with Crippen LogP contribution in [-0.4, -0.2) is 41.7 Å². The summed E-state index contributed by atoms with van der Waals surface area (Å²) in [7, 11) is -5.80. The lowest BCUT2D eigenvalue weighted by atomic mass is 9.90. The summed E-state index contributed by atoms with van der Waals surface area (Å²) >= 11 is 0. The smallest absolute Gasteiger partial charge is 0.376 e. The lowest BCUT2D eigenvalue weighted by Gasteiger charge is -2.29. The molecule has 11 heteroatoms. The van der Waals surface area contributed by atoms with Crippen LogP contribution in [0, 0.1) is 0 Å². The number of aromatic amines is 1. The summed E-state index contributed by atoms with van der Waals surface area (Å²) in [5.74, 6) is -1.22. The van der Waals surface area contributed by atoms with Crippen molar-refractivity contribution in [2.75, 3.05) is 0 Å². The molecule has 166 valence electrons. The molecule has 1 unspecified atom stereocenters. The van der Waals surface area contributed by atoms with Gasteiger partial charge in [0.2, 0.25) is 0 Å². The molecule has 32 heavy (non-hydrogen) atoms. The average Bonchev–Trinajstić information content (AvgIpc) is 3.21. The topological polar surface area (TPSA) is 96.5 Å². The Bertz CT molecular complexity index is 1360. The van der Waals surface area contributed by atoms with E-state index in [4.69, 9.17) is 0 Å². The van der Waals surface area contributed by atoms with E-state index in [9.17, 15) is 31.2 Å². The molecule has 2 amide bonds. The first-order valence-electron chi connectivity index (χ1n) is 9.68. The summed E-state index contributed by atoms with van der Waals surface area (Å²) in [6.45, 7) is 0. The second-order valence-electron chi connectivity index (χ2n) is 7.70. The summed E-state index contributed by atoms with van der Waals surface area (Å²) in [6, 6.07) is 9.92. The number of alkyl halides is 3. The van der Waals surface area contributed by atoms with Crippen LogP contribution in [0.15, 0.2) is 42.5 Å². The third-order valence-corrected chi connectivity index (χ3v) is 6.79. The Balaban J connectivity index is 1.48. The molecule has 2 aromatic carbocycles. The number of carbonyl (C=O) groups excluding carboxylic acids is 2. The second kappa shape index (κ2) is 6.83. The van der Waals surface area contributed by atoms with E-state index in [-0.39, 0.29) is 18.2 Å².